The molecule has 1 aliphatic carbocycles. The van der Waals surface area contributed by atoms with Gasteiger partial charge in [-0.1, -0.05) is 37.3 Å². The van der Waals surface area contributed by atoms with E-state index in [1.165, 1.54) is 11.3 Å². The first-order chi connectivity index (χ1) is 16.0. The van der Waals surface area contributed by atoms with Gasteiger partial charge in [-0.2, -0.15) is 0 Å². The molecular formula is C23H23N5O4S. The molecule has 2 aliphatic rings. The molecule has 9 nitrogen and oxygen atoms in total. The highest BCUT2D eigenvalue weighted by molar-refractivity contribution is 7.13. The Morgan fingerprint density at radius 1 is 1.24 bits per heavy atom. The molecule has 1 saturated heterocycles. The maximum absolute atomic E-state index is 13.3. The smallest absolute Gasteiger partial charge is 0.325 e. The number of amides is 4. The Morgan fingerprint density at radius 2 is 2.09 bits per heavy atom. The number of rotatable bonds is 7. The van der Waals surface area contributed by atoms with Crippen molar-refractivity contribution in [1.82, 2.24) is 25.3 Å². The third-order valence-electron chi connectivity index (χ3n) is 6.09. The molecule has 1 spiro atoms. The zero-order valence-electron chi connectivity index (χ0n) is 18.1. The van der Waals surface area contributed by atoms with Crippen LogP contribution in [0.2, 0.25) is 0 Å². The van der Waals surface area contributed by atoms with Gasteiger partial charge in [-0.05, 0) is 41.8 Å². The molecule has 10 heteroatoms. The summed E-state index contributed by atoms with van der Waals surface area (Å²) in [6.07, 6.45) is 1.90. The lowest BCUT2D eigenvalue weighted by Crippen LogP contribution is -2.45. The van der Waals surface area contributed by atoms with E-state index in [1.54, 1.807) is 4.90 Å². The number of nitrogens with one attached hydrogen (secondary N) is 1. The van der Waals surface area contributed by atoms with Gasteiger partial charge in [0.1, 0.15) is 12.1 Å². The van der Waals surface area contributed by atoms with E-state index in [0.717, 1.165) is 20.9 Å². The first-order valence-electron chi connectivity index (χ1n) is 10.9. The van der Waals surface area contributed by atoms with Crippen LogP contribution in [0.15, 0.2) is 46.2 Å². The molecule has 3 heterocycles. The van der Waals surface area contributed by atoms with Gasteiger partial charge in [0.25, 0.3) is 11.8 Å². The predicted molar refractivity (Wildman–Crippen MR) is 120 cm³/mol. The molecule has 1 fully saturated rings. The van der Waals surface area contributed by atoms with Crippen molar-refractivity contribution >= 4 is 29.2 Å². The minimum atomic E-state index is -1.08. The maximum Gasteiger partial charge on any atom is 0.325 e. The van der Waals surface area contributed by atoms with Gasteiger partial charge in [-0.25, -0.2) is 4.79 Å². The molecule has 3 aromatic rings. The lowest BCUT2D eigenvalue weighted by molar-refractivity contribution is -0.139. The molecule has 1 atom stereocenters. The zero-order chi connectivity index (χ0) is 23.0. The Labute approximate surface area is 194 Å². The third kappa shape index (κ3) is 3.70. The summed E-state index contributed by atoms with van der Waals surface area (Å²) >= 11 is 1.49. The predicted octanol–water partition coefficient (Wildman–Crippen LogP) is 2.93. The van der Waals surface area contributed by atoms with E-state index in [-0.39, 0.29) is 24.9 Å². The number of carbonyl (C=O) groups excluding carboxylic acids is 3. The van der Waals surface area contributed by atoms with Crippen LogP contribution in [0.3, 0.4) is 0 Å². The average molecular weight is 466 g/mol. The van der Waals surface area contributed by atoms with Crippen LogP contribution in [0.5, 0.6) is 0 Å². The summed E-state index contributed by atoms with van der Waals surface area (Å²) in [7, 11) is 0. The summed E-state index contributed by atoms with van der Waals surface area (Å²) in [5.74, 6) is -0.0157. The molecule has 4 amide bonds. The number of thiophene rings is 1. The van der Waals surface area contributed by atoms with Crippen LogP contribution in [0, 0.1) is 0 Å². The number of fused-ring (bicyclic) bond motifs is 2. The molecule has 0 bridgehead atoms. The van der Waals surface area contributed by atoms with E-state index in [2.05, 4.69) is 15.5 Å². The van der Waals surface area contributed by atoms with Crippen LogP contribution in [0.25, 0.3) is 10.8 Å². The number of aromatic nitrogens is 2. The van der Waals surface area contributed by atoms with E-state index in [0.29, 0.717) is 37.6 Å². The van der Waals surface area contributed by atoms with Gasteiger partial charge in [0, 0.05) is 6.54 Å². The Balaban J connectivity index is 1.31. The number of aryl methyl sites for hydroxylation is 1. The normalized spacial score (nSPS) is 19.2. The van der Waals surface area contributed by atoms with Crippen molar-refractivity contribution in [3.05, 3.63) is 58.8 Å². The average Bonchev–Trinajstić information content (AvgIpc) is 3.59. The topological polar surface area (TPSA) is 109 Å². The second kappa shape index (κ2) is 8.43. The number of urea groups is 1. The minimum Gasteiger partial charge on any atom is -0.418 e. The van der Waals surface area contributed by atoms with Crippen LogP contribution in [0.1, 0.15) is 36.8 Å². The summed E-state index contributed by atoms with van der Waals surface area (Å²) in [6, 6.07) is 10.8. The van der Waals surface area contributed by atoms with Crippen molar-refractivity contribution in [3.63, 3.8) is 0 Å². The van der Waals surface area contributed by atoms with E-state index in [4.69, 9.17) is 4.42 Å². The van der Waals surface area contributed by atoms with Crippen molar-refractivity contribution in [2.75, 3.05) is 13.1 Å². The Morgan fingerprint density at radius 3 is 2.88 bits per heavy atom. The number of hydrogen-bond donors (Lipinski definition) is 1. The molecular weight excluding hydrogens is 442 g/mol. The number of carbonyl (C=O) groups is 3. The fraction of sp³-hybridized carbons (Fsp3) is 0.348. The van der Waals surface area contributed by atoms with E-state index in [1.807, 2.05) is 48.7 Å². The van der Waals surface area contributed by atoms with Crippen molar-refractivity contribution in [2.24, 2.45) is 0 Å². The van der Waals surface area contributed by atoms with Crippen molar-refractivity contribution in [1.29, 1.82) is 0 Å². The van der Waals surface area contributed by atoms with E-state index in [9.17, 15) is 14.4 Å². The molecule has 0 radical (unpaired) electrons. The molecule has 2 aromatic heterocycles. The van der Waals surface area contributed by atoms with Crippen molar-refractivity contribution in [2.45, 2.75) is 38.3 Å². The molecule has 1 aromatic carbocycles. The fourth-order valence-corrected chi connectivity index (χ4v) is 5.16. The van der Waals surface area contributed by atoms with Crippen LogP contribution in [0.4, 0.5) is 4.79 Å². The summed E-state index contributed by atoms with van der Waals surface area (Å²) in [5.41, 5.74) is 0.784. The van der Waals surface area contributed by atoms with Crippen LogP contribution < -0.4 is 5.32 Å². The van der Waals surface area contributed by atoms with Crippen LogP contribution in [-0.4, -0.2) is 50.9 Å². The number of imide groups is 1. The summed E-state index contributed by atoms with van der Waals surface area (Å²) < 4.78 is 5.72. The lowest BCUT2D eigenvalue weighted by Gasteiger charge is -2.24. The first kappa shape index (κ1) is 21.3. The molecule has 0 saturated carbocycles. The quantitative estimate of drug-likeness (QED) is 0.538. The lowest BCUT2D eigenvalue weighted by atomic mass is 9.92. The molecule has 5 rings (SSSR count). The van der Waals surface area contributed by atoms with Gasteiger partial charge in [-0.3, -0.25) is 14.5 Å². The van der Waals surface area contributed by atoms with Gasteiger partial charge in [-0.15, -0.1) is 21.5 Å². The monoisotopic (exact) mass is 465 g/mol. The Hall–Kier alpha value is -3.53. The van der Waals surface area contributed by atoms with Crippen molar-refractivity contribution in [3.8, 4) is 10.8 Å². The standard InChI is InChI=1S/C23H23N5O4S/c1-2-11-27(13-18-25-26-20(32-18)17-8-5-12-33-17)19(29)14-28-21(30)23(24-22(28)31)10-9-15-6-3-4-7-16(15)23/h3-8,12H,2,9-11,13-14H2,1H3,(H,24,31)/t23-/m1/s1. The van der Waals surface area contributed by atoms with E-state index >= 15 is 0 Å². The van der Waals surface area contributed by atoms with Gasteiger partial charge >= 0.3 is 6.03 Å². The first-order valence-corrected chi connectivity index (χ1v) is 11.8. The van der Waals surface area contributed by atoms with Gasteiger partial charge in [0.15, 0.2) is 0 Å². The Kier molecular flexibility index (Phi) is 5.45. The molecule has 1 aliphatic heterocycles. The van der Waals surface area contributed by atoms with Gasteiger partial charge < -0.3 is 14.6 Å². The zero-order valence-corrected chi connectivity index (χ0v) is 18.9. The highest BCUT2D eigenvalue weighted by Crippen LogP contribution is 2.41. The van der Waals surface area contributed by atoms with Crippen molar-refractivity contribution < 1.29 is 18.8 Å². The van der Waals surface area contributed by atoms with Crippen LogP contribution >= 0.6 is 11.3 Å². The summed E-state index contributed by atoms with van der Waals surface area (Å²) in [5, 5.41) is 12.9. The highest BCUT2D eigenvalue weighted by atomic mass is 32.1. The summed E-state index contributed by atoms with van der Waals surface area (Å²) in [6.45, 7) is 2.17. The van der Waals surface area contributed by atoms with E-state index < -0.39 is 11.6 Å². The SMILES string of the molecule is CCCN(Cc1nnc(-c2cccs2)o1)C(=O)CN1C(=O)N[C@@]2(CCc3ccccc32)C1=O. The van der Waals surface area contributed by atoms with Crippen LogP contribution in [-0.2, 0) is 28.1 Å². The second-order valence-electron chi connectivity index (χ2n) is 8.18. The largest absolute Gasteiger partial charge is 0.418 e. The minimum absolute atomic E-state index is 0.114. The maximum atomic E-state index is 13.3. The number of benzene rings is 1. The molecule has 0 unspecified atom stereocenters. The van der Waals surface area contributed by atoms with Gasteiger partial charge in [0.2, 0.25) is 11.8 Å². The highest BCUT2D eigenvalue weighted by Gasteiger charge is 2.55. The third-order valence-corrected chi connectivity index (χ3v) is 6.94. The molecule has 170 valence electrons. The number of nitrogens with zero attached hydrogens (tertiary/aromatic N) is 4. The molecule has 33 heavy (non-hydrogen) atoms. The number of hydrogen-bond acceptors (Lipinski definition) is 7. The Bertz CT molecular complexity index is 1210. The summed E-state index contributed by atoms with van der Waals surface area (Å²) in [4.78, 5) is 42.6. The molecule has 1 N–H and O–H groups in total. The van der Waals surface area contributed by atoms with Gasteiger partial charge in [0.05, 0.1) is 11.4 Å². The fourth-order valence-electron chi connectivity index (χ4n) is 4.51. The second-order valence-corrected chi connectivity index (χ2v) is 9.13.